The molecule has 0 N–H and O–H groups in total. The molecule has 0 bridgehead atoms. The van der Waals surface area contributed by atoms with Gasteiger partial charge in [0.05, 0.1) is 24.9 Å². The smallest absolute Gasteiger partial charge is 0.392 e. The molecule has 0 saturated heterocycles. The molecule has 1 heterocycles. The molecule has 1 aromatic heterocycles. The first-order valence-corrected chi connectivity index (χ1v) is 7.72. The topological polar surface area (TPSA) is 57.5 Å². The van der Waals surface area contributed by atoms with Crippen molar-refractivity contribution in [3.8, 4) is 5.75 Å². The quantitative estimate of drug-likeness (QED) is 0.610. The maximum absolute atomic E-state index is 12.1. The Balaban J connectivity index is 2.68. The number of rotatable bonds is 5. The lowest BCUT2D eigenvalue weighted by Crippen LogP contribution is -2.25. The predicted octanol–water partition coefficient (Wildman–Crippen LogP) is 3.60. The summed E-state index contributed by atoms with van der Waals surface area (Å²) in [5, 5.41) is 0. The highest BCUT2D eigenvalue weighted by Crippen LogP contribution is 2.22. The van der Waals surface area contributed by atoms with Crippen molar-refractivity contribution in [2.75, 3.05) is 6.61 Å². The molecule has 0 aliphatic carbocycles. The van der Waals surface area contributed by atoms with Crippen molar-refractivity contribution in [2.24, 2.45) is 4.40 Å². The minimum atomic E-state index is -4.25. The van der Waals surface area contributed by atoms with Crippen LogP contribution in [-0.2, 0) is 11.4 Å². The molecule has 8 heteroatoms. The molecule has 0 amide bonds. The van der Waals surface area contributed by atoms with Crippen LogP contribution in [0.15, 0.2) is 16.7 Å². The second-order valence-corrected chi connectivity index (χ2v) is 7.62. The Morgan fingerprint density at radius 1 is 1.36 bits per heavy atom. The Labute approximate surface area is 131 Å². The third-order valence-electron chi connectivity index (χ3n) is 2.53. The van der Waals surface area contributed by atoms with E-state index < -0.39 is 35.3 Å². The van der Waals surface area contributed by atoms with Gasteiger partial charge in [-0.3, -0.25) is 4.98 Å². The first-order valence-electron chi connectivity index (χ1n) is 6.61. The first kappa shape index (κ1) is 18.8. The molecule has 124 valence electrons. The van der Waals surface area contributed by atoms with Crippen LogP contribution < -0.4 is 4.74 Å². The van der Waals surface area contributed by atoms with Crippen molar-refractivity contribution in [1.82, 2.24) is 4.98 Å². The van der Waals surface area contributed by atoms with Gasteiger partial charge in [-0.15, -0.1) is 0 Å². The van der Waals surface area contributed by atoms with Gasteiger partial charge < -0.3 is 9.29 Å². The summed E-state index contributed by atoms with van der Waals surface area (Å²) in [6.07, 6.45) is -2.54. The van der Waals surface area contributed by atoms with Crippen LogP contribution in [0.5, 0.6) is 5.75 Å². The van der Waals surface area contributed by atoms with Gasteiger partial charge in [0.1, 0.15) is 28.1 Å². The molecule has 0 aliphatic heterocycles. The van der Waals surface area contributed by atoms with Gasteiger partial charge in [0.25, 0.3) is 0 Å². The van der Waals surface area contributed by atoms with E-state index in [1.807, 2.05) is 0 Å². The Bertz CT molecular complexity index is 528. The number of nitrogens with zero attached hydrogens (tertiary/aromatic N) is 2. The zero-order valence-corrected chi connectivity index (χ0v) is 13.7. The normalized spacial score (nSPS) is 14.4. The molecule has 22 heavy (non-hydrogen) atoms. The molecular weight excluding hydrogens is 317 g/mol. The molecule has 4 nitrogen and oxygen atoms in total. The summed E-state index contributed by atoms with van der Waals surface area (Å²) in [6, 6.07) is 1.62. The number of alkyl halides is 3. The third kappa shape index (κ3) is 6.65. The minimum Gasteiger partial charge on any atom is -0.591 e. The lowest BCUT2D eigenvalue weighted by atomic mass is 10.2. The van der Waals surface area contributed by atoms with E-state index in [0.29, 0.717) is 17.0 Å². The fourth-order valence-corrected chi connectivity index (χ4v) is 1.84. The number of hydrogen-bond acceptors (Lipinski definition) is 4. The average molecular weight is 336 g/mol. The minimum absolute atomic E-state index is 0.290. The molecule has 0 spiro atoms. The van der Waals surface area contributed by atoms with Crippen LogP contribution >= 0.6 is 0 Å². The van der Waals surface area contributed by atoms with Crippen LogP contribution in [0.1, 0.15) is 38.4 Å². The molecule has 1 unspecified atom stereocenters. The van der Waals surface area contributed by atoms with Gasteiger partial charge in [0.2, 0.25) is 0 Å². The summed E-state index contributed by atoms with van der Waals surface area (Å²) in [5.74, 6) is 0.290. The zero-order valence-electron chi connectivity index (χ0n) is 12.9. The van der Waals surface area contributed by atoms with Crippen LogP contribution in [0.25, 0.3) is 0 Å². The molecule has 0 aliphatic rings. The van der Waals surface area contributed by atoms with Crippen molar-refractivity contribution >= 4 is 17.6 Å². The van der Waals surface area contributed by atoms with Gasteiger partial charge in [0, 0.05) is 0 Å². The maximum atomic E-state index is 12.1. The summed E-state index contributed by atoms with van der Waals surface area (Å²) in [5.41, 5.74) is 1.11. The van der Waals surface area contributed by atoms with Gasteiger partial charge in [-0.1, -0.05) is 4.40 Å². The van der Waals surface area contributed by atoms with E-state index in [1.165, 1.54) is 12.4 Å². The van der Waals surface area contributed by atoms with E-state index in [9.17, 15) is 17.7 Å². The molecule has 0 aromatic carbocycles. The van der Waals surface area contributed by atoms with Crippen LogP contribution in [0.2, 0.25) is 0 Å². The van der Waals surface area contributed by atoms with E-state index in [0.717, 1.165) is 0 Å². The van der Waals surface area contributed by atoms with Crippen LogP contribution in [0, 0.1) is 6.92 Å². The lowest BCUT2D eigenvalue weighted by Gasteiger charge is -2.17. The van der Waals surface area contributed by atoms with Gasteiger partial charge >= 0.3 is 6.18 Å². The van der Waals surface area contributed by atoms with Gasteiger partial charge in [-0.2, -0.15) is 13.2 Å². The van der Waals surface area contributed by atoms with Crippen LogP contribution in [0.4, 0.5) is 13.2 Å². The molecule has 1 rings (SSSR count). The fourth-order valence-electron chi connectivity index (χ4n) is 1.32. The van der Waals surface area contributed by atoms with E-state index in [-0.39, 0.29) is 0 Å². The summed E-state index contributed by atoms with van der Waals surface area (Å²) in [6.45, 7) is 6.65. The van der Waals surface area contributed by atoms with E-state index in [1.54, 1.807) is 33.8 Å². The molecular formula is C14H19F3N2O2S. The molecule has 0 radical (unpaired) electrons. The van der Waals surface area contributed by atoms with Gasteiger partial charge in [-0.05, 0) is 39.3 Å². The maximum Gasteiger partial charge on any atom is 0.392 e. The second-order valence-electron chi connectivity index (χ2n) is 5.68. The summed E-state index contributed by atoms with van der Waals surface area (Å²) >= 11 is -1.39. The predicted molar refractivity (Wildman–Crippen MR) is 80.6 cm³/mol. The highest BCUT2D eigenvalue weighted by Gasteiger charge is 2.27. The third-order valence-corrected chi connectivity index (χ3v) is 3.88. The van der Waals surface area contributed by atoms with E-state index >= 15 is 0 Å². The van der Waals surface area contributed by atoms with E-state index in [2.05, 4.69) is 9.38 Å². The first-order chi connectivity index (χ1) is 9.99. The highest BCUT2D eigenvalue weighted by molar-refractivity contribution is 7.91. The second kappa shape index (κ2) is 7.32. The van der Waals surface area contributed by atoms with Crippen molar-refractivity contribution in [2.45, 2.75) is 45.0 Å². The molecule has 1 aromatic rings. The van der Waals surface area contributed by atoms with Gasteiger partial charge in [-0.25, -0.2) is 0 Å². The zero-order chi connectivity index (χ0) is 17.0. The van der Waals surface area contributed by atoms with Crippen LogP contribution in [0.3, 0.4) is 0 Å². The molecule has 0 saturated carbocycles. The fraction of sp³-hybridized carbons (Fsp3) is 0.571. The highest BCUT2D eigenvalue weighted by atomic mass is 32.2. The molecule has 0 fully saturated rings. The Morgan fingerprint density at radius 2 is 2.00 bits per heavy atom. The van der Waals surface area contributed by atoms with E-state index in [4.69, 9.17) is 4.74 Å². The van der Waals surface area contributed by atoms with Crippen LogP contribution in [-0.4, -0.2) is 33.3 Å². The SMILES string of the molecule is Cc1cc(C=N[S+]([O-])C(C)(C)C)ncc1OCCC(F)(F)F. The summed E-state index contributed by atoms with van der Waals surface area (Å²) in [7, 11) is 0. The Hall–Kier alpha value is -1.28. The van der Waals surface area contributed by atoms with Crippen molar-refractivity contribution in [3.05, 3.63) is 23.5 Å². The number of halogens is 3. The van der Waals surface area contributed by atoms with Crippen molar-refractivity contribution in [1.29, 1.82) is 0 Å². The van der Waals surface area contributed by atoms with Crippen molar-refractivity contribution in [3.63, 3.8) is 0 Å². The number of aryl methyl sites for hydroxylation is 1. The standard InChI is InChI=1S/C14H19F3N2O2S/c1-10-7-11(8-19-22(20)13(2,3)4)18-9-12(10)21-6-5-14(15,16)17/h7-9H,5-6H2,1-4H3. The Morgan fingerprint density at radius 3 is 2.50 bits per heavy atom. The number of hydrogen-bond donors (Lipinski definition) is 0. The number of ether oxygens (including phenoxy) is 1. The van der Waals surface area contributed by atoms with Gasteiger partial charge in [0.15, 0.2) is 0 Å². The van der Waals surface area contributed by atoms with Crippen molar-refractivity contribution < 1.29 is 22.5 Å². The lowest BCUT2D eigenvalue weighted by molar-refractivity contribution is -0.139. The Kier molecular flexibility index (Phi) is 6.25. The largest absolute Gasteiger partial charge is 0.591 e. The molecule has 1 atom stereocenters. The number of pyridine rings is 1. The number of aromatic nitrogens is 1. The summed E-state index contributed by atoms with van der Waals surface area (Å²) < 4.78 is 56.5. The summed E-state index contributed by atoms with van der Waals surface area (Å²) in [4.78, 5) is 4.02. The monoisotopic (exact) mass is 336 g/mol. The average Bonchev–Trinajstić information content (AvgIpc) is 2.35.